The average molecular weight is 1180 g/mol. The van der Waals surface area contributed by atoms with Crippen molar-refractivity contribution in [1.29, 1.82) is 0 Å². The maximum Gasteiger partial charge on any atom is 1.00 e. The summed E-state index contributed by atoms with van der Waals surface area (Å²) in [5.41, 5.74) is 14.0. The molecular formula is C56H75B3N3NaO21. The number of nitrogens with two attached hydrogens (primary N) is 1. The Morgan fingerprint density at radius 3 is 1.60 bits per heavy atom. The molecule has 0 bridgehead atoms. The Morgan fingerprint density at radius 2 is 1.14 bits per heavy atom. The molecule has 1 saturated heterocycles. The number of benzene rings is 5. The van der Waals surface area contributed by atoms with E-state index in [9.17, 15) is 19.9 Å². The molecule has 0 aliphatic carbocycles. The Kier molecular flexibility index (Phi) is 32.9. The molecule has 5 aromatic rings. The normalized spacial score (nSPS) is 15.8. The number of carbonyl (C=O) groups excluding carboxylic acids is 1. The molecule has 450 valence electrons. The van der Waals surface area contributed by atoms with E-state index in [1.807, 2.05) is 126 Å². The molecule has 0 aromatic heterocycles. The molecule has 4 aliphatic heterocycles. The number of rotatable bonds is 15. The molecule has 0 radical (unpaired) electrons. The van der Waals surface area contributed by atoms with Gasteiger partial charge in [-0.3, -0.25) is 34.6 Å². The average Bonchev–Trinajstić information content (AvgIpc) is 2.80. The molecular weight excluding hydrogens is 1110 g/mol. The zero-order chi connectivity index (χ0) is 60.0. The molecule has 24 nitrogen and oxygen atoms in total. The first-order valence-electron chi connectivity index (χ1n) is 25.5. The van der Waals surface area contributed by atoms with Crippen molar-refractivity contribution in [1.82, 2.24) is 0 Å². The molecule has 5 aromatic carbocycles. The van der Waals surface area contributed by atoms with Crippen LogP contribution in [0.4, 0.5) is 0 Å². The summed E-state index contributed by atoms with van der Waals surface area (Å²) in [6, 6.07) is 30.8. The van der Waals surface area contributed by atoms with Gasteiger partial charge in [0.05, 0.1) is 37.1 Å². The Hall–Kier alpha value is -6.30. The third-order valence-electron chi connectivity index (χ3n) is 12.7. The van der Waals surface area contributed by atoms with Crippen molar-refractivity contribution in [3.8, 4) is 17.2 Å². The van der Waals surface area contributed by atoms with Crippen LogP contribution in [0.5, 0.6) is 17.2 Å². The number of nitro groups is 2. The van der Waals surface area contributed by atoms with Gasteiger partial charge in [-0.25, -0.2) is 0 Å². The second-order valence-electron chi connectivity index (χ2n) is 19.4. The van der Waals surface area contributed by atoms with Gasteiger partial charge in [0.1, 0.15) is 36.2 Å². The number of carboxylic acid groups (broad SMARTS) is 2. The molecule has 0 amide bonds. The van der Waals surface area contributed by atoms with Crippen molar-refractivity contribution >= 4 is 56.0 Å². The van der Waals surface area contributed by atoms with Crippen molar-refractivity contribution in [3.63, 3.8) is 0 Å². The van der Waals surface area contributed by atoms with Gasteiger partial charge < -0.3 is 73.4 Å². The van der Waals surface area contributed by atoms with Gasteiger partial charge in [-0.2, -0.15) is 0 Å². The van der Waals surface area contributed by atoms with Gasteiger partial charge in [-0.15, -0.1) is 0 Å². The second-order valence-corrected chi connectivity index (χ2v) is 19.4. The maximum atomic E-state index is 11.8. The molecule has 28 heteroatoms. The van der Waals surface area contributed by atoms with Crippen LogP contribution in [-0.2, 0) is 55.5 Å². The van der Waals surface area contributed by atoms with Crippen LogP contribution in [0.25, 0.3) is 0 Å². The van der Waals surface area contributed by atoms with Crippen molar-refractivity contribution in [2.75, 3.05) is 46.9 Å². The minimum absolute atomic E-state index is 0. The number of carbonyl (C=O) groups is 3. The molecule has 84 heavy (non-hydrogen) atoms. The van der Waals surface area contributed by atoms with Crippen molar-refractivity contribution in [2.24, 2.45) is 5.73 Å². The van der Waals surface area contributed by atoms with Gasteiger partial charge in [0, 0.05) is 52.2 Å². The molecule has 4 heterocycles. The molecule has 9 rings (SSSR count). The summed E-state index contributed by atoms with van der Waals surface area (Å²) in [6.07, 6.45) is -0.0247. The van der Waals surface area contributed by atoms with Crippen LogP contribution in [0, 0.1) is 41.0 Å². The third-order valence-corrected chi connectivity index (χ3v) is 12.7. The number of carboxylic acids is 2. The second kappa shape index (κ2) is 36.5. The van der Waals surface area contributed by atoms with Crippen molar-refractivity contribution in [3.05, 3.63) is 162 Å². The van der Waals surface area contributed by atoms with E-state index in [0.29, 0.717) is 66.5 Å². The summed E-state index contributed by atoms with van der Waals surface area (Å²) >= 11 is 0. The van der Waals surface area contributed by atoms with Gasteiger partial charge in [0.2, 0.25) is 6.54 Å². The molecule has 6 N–H and O–H groups in total. The fourth-order valence-electron chi connectivity index (χ4n) is 8.39. The van der Waals surface area contributed by atoms with Gasteiger partial charge in [0.25, 0.3) is 11.9 Å². The summed E-state index contributed by atoms with van der Waals surface area (Å²) in [4.78, 5) is 48.5. The van der Waals surface area contributed by atoms with E-state index in [0.717, 1.165) is 66.2 Å². The van der Waals surface area contributed by atoms with Crippen LogP contribution >= 0.6 is 0 Å². The topological polar surface area (TPSA) is 346 Å². The number of nitrogens with zero attached hydrogens (tertiary/aromatic N) is 2. The summed E-state index contributed by atoms with van der Waals surface area (Å²) in [5.74, 6) is 0.144. The molecule has 0 saturated carbocycles. The van der Waals surface area contributed by atoms with Gasteiger partial charge >= 0.3 is 50.9 Å². The largest absolute Gasteiger partial charge is 1.00 e. The predicted octanol–water partition coefficient (Wildman–Crippen LogP) is 2.91. The zero-order valence-electron chi connectivity index (χ0n) is 48.6. The molecule has 2 unspecified atom stereocenters. The Bertz CT molecular complexity index is 2840. The summed E-state index contributed by atoms with van der Waals surface area (Å²) in [5, 5.41) is 44.6. The van der Waals surface area contributed by atoms with Crippen LogP contribution in [0.2, 0.25) is 0 Å². The zero-order valence-corrected chi connectivity index (χ0v) is 50.6. The maximum absolute atomic E-state index is 11.8. The molecule has 0 spiro atoms. The number of aryl methyl sites for hydroxylation is 3. The van der Waals surface area contributed by atoms with E-state index >= 15 is 0 Å². The van der Waals surface area contributed by atoms with Crippen LogP contribution in [0.1, 0.15) is 110 Å². The van der Waals surface area contributed by atoms with Gasteiger partial charge in [-0.1, -0.05) is 86.3 Å². The van der Waals surface area contributed by atoms with E-state index in [-0.39, 0.29) is 69.3 Å². The minimum Gasteiger partial charge on any atom is -0.870 e. The first-order chi connectivity index (χ1) is 38.3. The Morgan fingerprint density at radius 1 is 0.702 bits per heavy atom. The number of aldehydes is 1. The van der Waals surface area contributed by atoms with E-state index < -0.39 is 59.9 Å². The van der Waals surface area contributed by atoms with Gasteiger partial charge in [-0.05, 0) is 106 Å². The predicted molar refractivity (Wildman–Crippen MR) is 309 cm³/mol. The third kappa shape index (κ3) is 22.6. The van der Waals surface area contributed by atoms with Crippen LogP contribution in [-0.4, -0.2) is 128 Å². The Labute approximate surface area is 512 Å². The monoisotopic (exact) mass is 1180 g/mol. The number of hydrogen-bond acceptors (Lipinski definition) is 20. The van der Waals surface area contributed by atoms with E-state index in [1.54, 1.807) is 12.1 Å². The summed E-state index contributed by atoms with van der Waals surface area (Å²) in [7, 11) is -1.35. The molecule has 1 fully saturated rings. The van der Waals surface area contributed by atoms with E-state index in [1.165, 1.54) is 5.56 Å². The number of aliphatic carboxylic acids is 2. The Balaban J connectivity index is 0.000000576. The van der Waals surface area contributed by atoms with E-state index in [4.69, 9.17) is 82.6 Å². The standard InChI is InChI=1S/C22H27BO5.C17H18BNO6.C11H14BNO3.2C2H4O2.CH3NO2.CH4.Na.H2O/c1-16-11-12-19(26-15-25-14-17-9-7-6-8-10-17)20(18(16)13-24)23-27-21(2,3)22(4,5)28-23;1-12-7-8-14(24-11-23-10-13-5-3-2-4-6-13)17-16(12)15(9-19(21)22)25-18(17)20;1-7-2-3-8-11-10(7)9(6-13)16-12(11)15-5-4-14-8;3*1-2(3)4;;;/h6-13H,14-15H2,1-5H3;2-8,15,20H,9-11H2,1H3;2-3,9H,4-6,13H2,1H3;2*1H3,(H,3,4);1H3;1H4;;1H2/q;;;;;;;+1;/p-1. The smallest absolute Gasteiger partial charge is 0.870 e. The first-order valence-corrected chi connectivity index (χ1v) is 25.5. The van der Waals surface area contributed by atoms with Crippen molar-refractivity contribution in [2.45, 2.75) is 106 Å². The summed E-state index contributed by atoms with van der Waals surface area (Å²) in [6.45, 7) is 17.9. The van der Waals surface area contributed by atoms with Crippen LogP contribution in [0.15, 0.2) is 97.1 Å². The van der Waals surface area contributed by atoms with Crippen LogP contribution < -0.4 is 65.9 Å². The number of ether oxygens (including phenoxy) is 5. The fourth-order valence-corrected chi connectivity index (χ4v) is 8.39. The van der Waals surface area contributed by atoms with E-state index in [2.05, 4.69) is 6.92 Å². The first kappa shape index (κ1) is 75.7. The number of hydrogen-bond donors (Lipinski definition) is 4. The quantitative estimate of drug-likeness (QED) is 0.0292. The van der Waals surface area contributed by atoms with Crippen molar-refractivity contribution < 1.29 is 121 Å². The SMILES string of the molecule is C.CC(=O)O.CC(=O)O.C[N+](=O)[O-].Cc1ccc(OCOCc2ccccc2)c(B2OC(C)(C)C(C)(C)O2)c1C=O.Cc1ccc(OCOCc2ccccc2)c2c1C(C[N+](=O)[O-])OB2O.Cc1ccc2c3c1C(CN)OB3OCCO2.[Na+].[OH-]. The fraction of sp³-hybridized carbons (Fsp3) is 0.411. The molecule has 4 aliphatic rings. The minimum atomic E-state index is -1.25. The van der Waals surface area contributed by atoms with Crippen LogP contribution in [0.3, 0.4) is 0 Å². The van der Waals surface area contributed by atoms with Gasteiger partial charge in [0.15, 0.2) is 20.6 Å². The molecule has 2 atom stereocenters. The number of fused-ring (bicyclic) bond motifs is 1. The summed E-state index contributed by atoms with van der Waals surface area (Å²) < 4.78 is 57.3.